The zero-order valence-electron chi connectivity index (χ0n) is 12.1. The van der Waals surface area contributed by atoms with Crippen LogP contribution in [0, 0.1) is 0 Å². The highest BCUT2D eigenvalue weighted by Gasteiger charge is 2.19. The summed E-state index contributed by atoms with van der Waals surface area (Å²) in [6, 6.07) is 5.92. The van der Waals surface area contributed by atoms with Crippen LogP contribution in [0.4, 0.5) is 0 Å². The average Bonchev–Trinajstić information content (AvgIpc) is 2.48. The third-order valence-electron chi connectivity index (χ3n) is 3.96. The number of aromatic nitrogens is 1. The van der Waals surface area contributed by atoms with Crippen LogP contribution in [0.2, 0.25) is 5.02 Å². The Hall–Kier alpha value is -1.03. The summed E-state index contributed by atoms with van der Waals surface area (Å²) in [6.45, 7) is 5.57. The molecule has 0 saturated carbocycles. The molecule has 3 rings (SSSR count). The zero-order chi connectivity index (χ0) is 13.9. The molecule has 3 nitrogen and oxygen atoms in total. The Kier molecular flexibility index (Phi) is 5.68. The molecule has 0 amide bonds. The number of pyridine rings is 1. The Morgan fingerprint density at radius 1 is 1.33 bits per heavy atom. The van der Waals surface area contributed by atoms with Gasteiger partial charge in [0.2, 0.25) is 0 Å². The van der Waals surface area contributed by atoms with E-state index in [4.69, 9.17) is 16.3 Å². The lowest BCUT2D eigenvalue weighted by molar-refractivity contribution is 0.104. The summed E-state index contributed by atoms with van der Waals surface area (Å²) in [5.41, 5.74) is 0. The minimum Gasteiger partial charge on any atom is -0.490 e. The van der Waals surface area contributed by atoms with Gasteiger partial charge in [0.05, 0.1) is 5.02 Å². The van der Waals surface area contributed by atoms with Gasteiger partial charge >= 0.3 is 0 Å². The van der Waals surface area contributed by atoms with Crippen molar-refractivity contribution in [3.05, 3.63) is 35.6 Å². The molecule has 1 aliphatic rings. The third kappa shape index (κ3) is 3.79. The fourth-order valence-electron chi connectivity index (χ4n) is 2.73. The summed E-state index contributed by atoms with van der Waals surface area (Å²) in [5.74, 6) is 0.864. The second-order valence-electron chi connectivity index (χ2n) is 5.25. The molecule has 1 aromatic carbocycles. The number of nitrogens with zero attached hydrogens (tertiary/aromatic N) is 2. The summed E-state index contributed by atoms with van der Waals surface area (Å²) in [7, 11) is 0. The quantitative estimate of drug-likeness (QED) is 0.846. The van der Waals surface area contributed by atoms with E-state index < -0.39 is 0 Å². The van der Waals surface area contributed by atoms with Crippen molar-refractivity contribution in [1.82, 2.24) is 9.88 Å². The Bertz CT molecular complexity index is 598. The molecule has 0 N–H and O–H groups in total. The van der Waals surface area contributed by atoms with Gasteiger partial charge in [0.15, 0.2) is 0 Å². The van der Waals surface area contributed by atoms with Crippen LogP contribution >= 0.6 is 24.0 Å². The highest BCUT2D eigenvalue weighted by Crippen LogP contribution is 2.30. The molecule has 1 aromatic heterocycles. The zero-order valence-corrected chi connectivity index (χ0v) is 13.7. The Morgan fingerprint density at radius 2 is 2.10 bits per heavy atom. The van der Waals surface area contributed by atoms with Crippen molar-refractivity contribution in [1.29, 1.82) is 0 Å². The SMILES string of the molecule is CCN1CCC(Oc2cc(Cl)c3cnccc3c2)CC1.Cl. The van der Waals surface area contributed by atoms with Gasteiger partial charge in [-0.1, -0.05) is 18.5 Å². The number of rotatable bonds is 3. The van der Waals surface area contributed by atoms with Crippen LogP contribution < -0.4 is 4.74 Å². The second-order valence-corrected chi connectivity index (χ2v) is 5.66. The highest BCUT2D eigenvalue weighted by molar-refractivity contribution is 6.35. The standard InChI is InChI=1S/C16H19ClN2O.ClH/c1-2-19-7-4-13(5-8-19)20-14-9-12-3-6-18-11-15(12)16(17)10-14;/h3,6,9-11,13H,2,4-5,7-8H2,1H3;1H. The van der Waals surface area contributed by atoms with Crippen LogP contribution in [0.5, 0.6) is 5.75 Å². The maximum absolute atomic E-state index is 6.30. The molecule has 21 heavy (non-hydrogen) atoms. The smallest absolute Gasteiger partial charge is 0.121 e. The van der Waals surface area contributed by atoms with Crippen LogP contribution in [0.15, 0.2) is 30.6 Å². The summed E-state index contributed by atoms with van der Waals surface area (Å²) < 4.78 is 6.11. The Morgan fingerprint density at radius 3 is 2.81 bits per heavy atom. The third-order valence-corrected chi connectivity index (χ3v) is 4.28. The van der Waals surface area contributed by atoms with Gasteiger partial charge in [-0.05, 0) is 43.0 Å². The van der Waals surface area contributed by atoms with Crippen LogP contribution in [-0.4, -0.2) is 35.6 Å². The van der Waals surface area contributed by atoms with Crippen LogP contribution in [-0.2, 0) is 0 Å². The number of likely N-dealkylation sites (tertiary alicyclic amines) is 1. The monoisotopic (exact) mass is 326 g/mol. The van der Waals surface area contributed by atoms with Gasteiger partial charge in [-0.15, -0.1) is 12.4 Å². The van der Waals surface area contributed by atoms with E-state index in [1.165, 1.54) is 0 Å². The predicted octanol–water partition coefficient (Wildman–Crippen LogP) is 4.17. The number of ether oxygens (including phenoxy) is 1. The molecule has 0 unspecified atom stereocenters. The van der Waals surface area contributed by atoms with Crippen molar-refractivity contribution in [3.63, 3.8) is 0 Å². The van der Waals surface area contributed by atoms with Gasteiger partial charge < -0.3 is 9.64 Å². The van der Waals surface area contributed by atoms with Crippen LogP contribution in [0.25, 0.3) is 10.8 Å². The normalized spacial score (nSPS) is 16.7. The molecule has 0 aliphatic carbocycles. The van der Waals surface area contributed by atoms with E-state index in [0.717, 1.165) is 49.0 Å². The average molecular weight is 327 g/mol. The molecular weight excluding hydrogens is 307 g/mol. The van der Waals surface area contributed by atoms with Crippen molar-refractivity contribution in [2.24, 2.45) is 0 Å². The predicted molar refractivity (Wildman–Crippen MR) is 89.8 cm³/mol. The number of hydrogen-bond donors (Lipinski definition) is 0. The Balaban J connectivity index is 0.00000161. The van der Waals surface area contributed by atoms with E-state index in [1.807, 2.05) is 12.1 Å². The first-order valence-corrected chi connectivity index (χ1v) is 7.56. The largest absolute Gasteiger partial charge is 0.490 e. The summed E-state index contributed by atoms with van der Waals surface area (Å²) in [4.78, 5) is 6.56. The van der Waals surface area contributed by atoms with Crippen molar-refractivity contribution < 1.29 is 4.74 Å². The van der Waals surface area contributed by atoms with Crippen LogP contribution in [0.3, 0.4) is 0 Å². The number of fused-ring (bicyclic) bond motifs is 1. The second kappa shape index (κ2) is 7.30. The number of hydrogen-bond acceptors (Lipinski definition) is 3. The topological polar surface area (TPSA) is 25.4 Å². The molecule has 0 bridgehead atoms. The van der Waals surface area contributed by atoms with E-state index in [2.05, 4.69) is 22.9 Å². The van der Waals surface area contributed by atoms with Crippen molar-refractivity contribution >= 4 is 34.8 Å². The highest BCUT2D eigenvalue weighted by atomic mass is 35.5. The lowest BCUT2D eigenvalue weighted by Crippen LogP contribution is -2.37. The first kappa shape index (κ1) is 16.3. The van der Waals surface area contributed by atoms with Gasteiger partial charge in [-0.2, -0.15) is 0 Å². The van der Waals surface area contributed by atoms with E-state index in [1.54, 1.807) is 12.4 Å². The molecule has 114 valence electrons. The van der Waals surface area contributed by atoms with E-state index >= 15 is 0 Å². The molecule has 2 aromatic rings. The molecule has 0 spiro atoms. The van der Waals surface area contributed by atoms with Crippen LogP contribution in [0.1, 0.15) is 19.8 Å². The van der Waals surface area contributed by atoms with Crippen molar-refractivity contribution in [2.45, 2.75) is 25.9 Å². The molecule has 1 saturated heterocycles. The van der Waals surface area contributed by atoms with Gasteiger partial charge in [0, 0.05) is 30.9 Å². The number of benzene rings is 1. The lowest BCUT2D eigenvalue weighted by Gasteiger charge is -2.31. The number of halogens is 2. The fourth-order valence-corrected chi connectivity index (χ4v) is 3.00. The summed E-state index contributed by atoms with van der Waals surface area (Å²) in [5, 5.41) is 2.76. The first-order chi connectivity index (χ1) is 9.76. The van der Waals surface area contributed by atoms with E-state index in [9.17, 15) is 0 Å². The van der Waals surface area contributed by atoms with Gasteiger partial charge in [-0.3, -0.25) is 4.98 Å². The maximum atomic E-state index is 6.30. The molecule has 0 radical (unpaired) electrons. The fraction of sp³-hybridized carbons (Fsp3) is 0.438. The number of piperidine rings is 1. The molecule has 2 heterocycles. The first-order valence-electron chi connectivity index (χ1n) is 7.18. The summed E-state index contributed by atoms with van der Waals surface area (Å²) >= 11 is 6.30. The molecule has 1 aliphatic heterocycles. The van der Waals surface area contributed by atoms with E-state index in [-0.39, 0.29) is 12.4 Å². The molecule has 0 atom stereocenters. The van der Waals surface area contributed by atoms with Gasteiger partial charge in [0.25, 0.3) is 0 Å². The Labute approximate surface area is 136 Å². The minimum absolute atomic E-state index is 0. The molecule has 1 fully saturated rings. The lowest BCUT2D eigenvalue weighted by atomic mass is 10.1. The van der Waals surface area contributed by atoms with Gasteiger partial charge in [0.1, 0.15) is 11.9 Å². The minimum atomic E-state index is 0. The maximum Gasteiger partial charge on any atom is 0.121 e. The van der Waals surface area contributed by atoms with Crippen molar-refractivity contribution in [3.8, 4) is 5.75 Å². The van der Waals surface area contributed by atoms with Crippen molar-refractivity contribution in [2.75, 3.05) is 19.6 Å². The molecular formula is C16H20Cl2N2O. The summed E-state index contributed by atoms with van der Waals surface area (Å²) in [6.07, 6.45) is 6.04. The van der Waals surface area contributed by atoms with E-state index in [0.29, 0.717) is 11.1 Å². The van der Waals surface area contributed by atoms with Gasteiger partial charge in [-0.25, -0.2) is 0 Å². The molecule has 5 heteroatoms.